The smallest absolute Gasteiger partial charge is 0.501 e. The van der Waals surface area contributed by atoms with Crippen molar-refractivity contribution >= 4 is 0 Å². The van der Waals surface area contributed by atoms with Crippen molar-refractivity contribution in [1.29, 1.82) is 0 Å². The summed E-state index contributed by atoms with van der Waals surface area (Å²) in [4.78, 5) is 0. The van der Waals surface area contributed by atoms with E-state index in [2.05, 4.69) is 13.0 Å². The second-order valence-electron chi connectivity index (χ2n) is 1.45. The molecule has 0 unspecified atom stereocenters. The number of rotatable bonds is 3. The maximum Gasteiger partial charge on any atom is 2.00 e. The third-order valence-electron chi connectivity index (χ3n) is 0.775. The molecule has 0 aliphatic rings. The first kappa shape index (κ1) is 11.1. The van der Waals surface area contributed by atoms with Crippen LogP contribution in [0.15, 0.2) is 6.08 Å². The zero-order valence-corrected chi connectivity index (χ0v) is 6.28. The van der Waals surface area contributed by atoms with Crippen LogP contribution in [-0.4, -0.2) is 0 Å². The third-order valence-corrected chi connectivity index (χ3v) is 0.775. The molecule has 0 fully saturated rings. The molecule has 0 N–H and O–H groups in total. The summed E-state index contributed by atoms with van der Waals surface area (Å²) in [7, 11) is 0. The number of unbranched alkanes of at least 4 members (excludes halogenated alkanes) is 2. The van der Waals surface area contributed by atoms with Crippen LogP contribution in [0.1, 0.15) is 26.2 Å². The summed E-state index contributed by atoms with van der Waals surface area (Å²) in [6.45, 7) is 5.69. The SMILES string of the molecule is [CH2-]CCC[C-]=CC.[Co+2]. The molecule has 0 saturated carbocycles. The Bertz CT molecular complexity index is 48.3. The van der Waals surface area contributed by atoms with Crippen molar-refractivity contribution in [3.05, 3.63) is 19.1 Å². The molecule has 1 radical (unpaired) electrons. The molecule has 0 aromatic heterocycles. The van der Waals surface area contributed by atoms with Crippen molar-refractivity contribution in [3.8, 4) is 0 Å². The van der Waals surface area contributed by atoms with Gasteiger partial charge in [-0.15, -0.1) is 6.42 Å². The van der Waals surface area contributed by atoms with Gasteiger partial charge in [-0.1, -0.05) is 6.92 Å². The molecule has 0 saturated heterocycles. The van der Waals surface area contributed by atoms with E-state index >= 15 is 0 Å². The zero-order chi connectivity index (χ0) is 5.54. The average molecular weight is 155 g/mol. The maximum absolute atomic E-state index is 3.70. The molecule has 0 aromatic rings. The van der Waals surface area contributed by atoms with E-state index in [0.717, 1.165) is 12.8 Å². The molecule has 0 spiro atoms. The van der Waals surface area contributed by atoms with Crippen LogP contribution in [0.3, 0.4) is 0 Å². The molecule has 0 rings (SSSR count). The van der Waals surface area contributed by atoms with Crippen molar-refractivity contribution in [2.75, 3.05) is 0 Å². The monoisotopic (exact) mass is 155 g/mol. The van der Waals surface area contributed by atoms with Crippen LogP contribution < -0.4 is 0 Å². The van der Waals surface area contributed by atoms with E-state index in [-0.39, 0.29) is 16.8 Å². The van der Waals surface area contributed by atoms with Gasteiger partial charge in [-0.2, -0.15) is 12.8 Å². The summed E-state index contributed by atoms with van der Waals surface area (Å²) in [5, 5.41) is 0. The van der Waals surface area contributed by atoms with Crippen LogP contribution >= 0.6 is 0 Å². The fraction of sp³-hybridized carbons (Fsp3) is 0.571. The molecule has 0 heterocycles. The van der Waals surface area contributed by atoms with E-state index in [1.807, 2.05) is 13.0 Å². The number of hydrogen-bond acceptors (Lipinski definition) is 0. The van der Waals surface area contributed by atoms with E-state index in [1.54, 1.807) is 0 Å². The molecule has 0 aliphatic heterocycles. The second kappa shape index (κ2) is 10.3. The standard InChI is InChI=1S/C7H12.Co/c1-3-5-7-6-4-2;/h4H,1,3,5,7H2,2H3;/q-2;+2. The summed E-state index contributed by atoms with van der Waals surface area (Å²) >= 11 is 0. The Labute approximate surface area is 62.6 Å². The Kier molecular flexibility index (Phi) is 14.3. The molecule has 0 aromatic carbocycles. The van der Waals surface area contributed by atoms with Crippen molar-refractivity contribution in [1.82, 2.24) is 0 Å². The maximum atomic E-state index is 3.70. The predicted molar refractivity (Wildman–Crippen MR) is 32.7 cm³/mol. The summed E-state index contributed by atoms with van der Waals surface area (Å²) in [6.07, 6.45) is 8.31. The van der Waals surface area contributed by atoms with Crippen LogP contribution in [0.5, 0.6) is 0 Å². The van der Waals surface area contributed by atoms with E-state index in [1.165, 1.54) is 6.42 Å². The van der Waals surface area contributed by atoms with Gasteiger partial charge in [0.25, 0.3) is 0 Å². The van der Waals surface area contributed by atoms with E-state index in [9.17, 15) is 0 Å². The predicted octanol–water partition coefficient (Wildman–Crippen LogP) is 2.37. The molecule has 0 amide bonds. The van der Waals surface area contributed by atoms with Crippen LogP contribution in [0.25, 0.3) is 0 Å². The van der Waals surface area contributed by atoms with Crippen molar-refractivity contribution in [3.63, 3.8) is 0 Å². The minimum absolute atomic E-state index is 0. The van der Waals surface area contributed by atoms with Crippen LogP contribution in [0.2, 0.25) is 0 Å². The fourth-order valence-electron chi connectivity index (χ4n) is 0.371. The first-order valence-electron chi connectivity index (χ1n) is 2.72. The quantitative estimate of drug-likeness (QED) is 0.433. The third kappa shape index (κ3) is 9.53. The second-order valence-corrected chi connectivity index (χ2v) is 1.45. The molecular weight excluding hydrogens is 143 g/mol. The van der Waals surface area contributed by atoms with E-state index in [0.29, 0.717) is 0 Å². The molecule has 1 heteroatoms. The molecule has 8 heavy (non-hydrogen) atoms. The topological polar surface area (TPSA) is 0 Å². The van der Waals surface area contributed by atoms with Gasteiger partial charge in [0.2, 0.25) is 0 Å². The minimum Gasteiger partial charge on any atom is -0.501 e. The molecular formula is C7H12Co. The van der Waals surface area contributed by atoms with Crippen molar-refractivity contribution < 1.29 is 16.8 Å². The van der Waals surface area contributed by atoms with Gasteiger partial charge in [0.05, 0.1) is 0 Å². The first-order chi connectivity index (χ1) is 3.41. The first-order valence-corrected chi connectivity index (χ1v) is 2.72. The van der Waals surface area contributed by atoms with Crippen LogP contribution in [0.4, 0.5) is 0 Å². The van der Waals surface area contributed by atoms with Gasteiger partial charge in [-0.25, -0.2) is 0 Å². The molecule has 0 nitrogen and oxygen atoms in total. The molecule has 0 bridgehead atoms. The number of hydrogen-bond donors (Lipinski definition) is 0. The molecule has 0 atom stereocenters. The van der Waals surface area contributed by atoms with E-state index < -0.39 is 0 Å². The minimum atomic E-state index is 0. The zero-order valence-electron chi connectivity index (χ0n) is 5.24. The normalized spacial score (nSPS) is 9.25. The van der Waals surface area contributed by atoms with Gasteiger partial charge in [-0.3, -0.25) is 6.08 Å². The largest absolute Gasteiger partial charge is 2.00 e. The van der Waals surface area contributed by atoms with Gasteiger partial charge in [0, 0.05) is 0 Å². The van der Waals surface area contributed by atoms with Crippen LogP contribution in [0, 0.1) is 13.0 Å². The van der Waals surface area contributed by atoms with Gasteiger partial charge in [0.1, 0.15) is 0 Å². The summed E-state index contributed by atoms with van der Waals surface area (Å²) in [5.41, 5.74) is 0. The summed E-state index contributed by atoms with van der Waals surface area (Å²) in [6, 6.07) is 0. The average Bonchev–Trinajstić information content (AvgIpc) is 1.69. The molecule has 0 aliphatic carbocycles. The Balaban J connectivity index is 0. The van der Waals surface area contributed by atoms with E-state index in [4.69, 9.17) is 0 Å². The van der Waals surface area contributed by atoms with Gasteiger partial charge in [-0.05, 0) is 0 Å². The van der Waals surface area contributed by atoms with Crippen LogP contribution in [-0.2, 0) is 16.8 Å². The van der Waals surface area contributed by atoms with Crippen molar-refractivity contribution in [2.45, 2.75) is 26.2 Å². The van der Waals surface area contributed by atoms with Gasteiger partial charge >= 0.3 is 16.8 Å². The van der Waals surface area contributed by atoms with Gasteiger partial charge in [0.15, 0.2) is 0 Å². The van der Waals surface area contributed by atoms with Gasteiger partial charge < -0.3 is 13.0 Å². The summed E-state index contributed by atoms with van der Waals surface area (Å²) < 4.78 is 0. The summed E-state index contributed by atoms with van der Waals surface area (Å²) in [5.74, 6) is 0. The Morgan fingerprint density at radius 2 is 2.25 bits per heavy atom. The Morgan fingerprint density at radius 3 is 2.62 bits per heavy atom. The Hall–Kier alpha value is 0.246. The molecule has 49 valence electrons. The fourth-order valence-corrected chi connectivity index (χ4v) is 0.371. The van der Waals surface area contributed by atoms with Crippen molar-refractivity contribution in [2.24, 2.45) is 0 Å². The number of allylic oxidation sites excluding steroid dienone is 2. The Morgan fingerprint density at radius 1 is 1.62 bits per heavy atom.